The van der Waals surface area contributed by atoms with Crippen LogP contribution in [-0.4, -0.2) is 41.1 Å². The van der Waals surface area contributed by atoms with E-state index in [0.29, 0.717) is 36.0 Å². The van der Waals surface area contributed by atoms with Gasteiger partial charge in [-0.05, 0) is 45.7 Å². The third-order valence-electron chi connectivity index (χ3n) is 5.07. The van der Waals surface area contributed by atoms with E-state index in [1.807, 2.05) is 6.07 Å². The standard InChI is InChI=1S/C16H24N2O3/c1-10-6-14(21-15(10)16(19)20)9-17-11-7-12-4-3-5-13(8-11)18(12)2/h6,11-13,17H,3-5,7-9H2,1-2H3,(H,19,20). The molecule has 2 unspecified atom stereocenters. The number of carboxylic acid groups (broad SMARTS) is 1. The molecular formula is C16H24N2O3. The number of furan rings is 1. The molecule has 21 heavy (non-hydrogen) atoms. The fraction of sp³-hybridized carbons (Fsp3) is 0.688. The molecule has 3 rings (SSSR count). The lowest BCUT2D eigenvalue weighted by Crippen LogP contribution is -2.54. The number of nitrogens with one attached hydrogen (secondary N) is 1. The summed E-state index contributed by atoms with van der Waals surface area (Å²) in [6.07, 6.45) is 6.31. The average Bonchev–Trinajstić information content (AvgIpc) is 2.78. The molecule has 0 amide bonds. The van der Waals surface area contributed by atoms with Crippen molar-refractivity contribution in [1.29, 1.82) is 0 Å². The van der Waals surface area contributed by atoms with Crippen LogP contribution in [0.3, 0.4) is 0 Å². The second-order valence-corrected chi connectivity index (χ2v) is 6.48. The lowest BCUT2D eigenvalue weighted by molar-refractivity contribution is 0.0477. The van der Waals surface area contributed by atoms with Gasteiger partial charge in [0.1, 0.15) is 5.76 Å². The average molecular weight is 292 g/mol. The smallest absolute Gasteiger partial charge is 0.372 e. The van der Waals surface area contributed by atoms with Crippen molar-refractivity contribution in [1.82, 2.24) is 10.2 Å². The summed E-state index contributed by atoms with van der Waals surface area (Å²) < 4.78 is 5.41. The third kappa shape index (κ3) is 2.99. The van der Waals surface area contributed by atoms with Gasteiger partial charge in [0, 0.05) is 23.7 Å². The van der Waals surface area contributed by atoms with Crippen molar-refractivity contribution in [2.24, 2.45) is 0 Å². The van der Waals surface area contributed by atoms with E-state index >= 15 is 0 Å². The Kier molecular flexibility index (Phi) is 4.04. The van der Waals surface area contributed by atoms with Gasteiger partial charge >= 0.3 is 5.97 Å². The molecule has 5 nitrogen and oxygen atoms in total. The summed E-state index contributed by atoms with van der Waals surface area (Å²) >= 11 is 0. The van der Waals surface area contributed by atoms with Crippen molar-refractivity contribution in [3.8, 4) is 0 Å². The molecule has 0 radical (unpaired) electrons. The zero-order chi connectivity index (χ0) is 15.0. The van der Waals surface area contributed by atoms with E-state index in [0.717, 1.165) is 0 Å². The van der Waals surface area contributed by atoms with Crippen LogP contribution in [0.15, 0.2) is 10.5 Å². The first kappa shape index (κ1) is 14.6. The fourth-order valence-corrected chi connectivity index (χ4v) is 3.87. The topological polar surface area (TPSA) is 65.7 Å². The Morgan fingerprint density at radius 2 is 2.10 bits per heavy atom. The quantitative estimate of drug-likeness (QED) is 0.892. The molecule has 2 atom stereocenters. The SMILES string of the molecule is Cc1cc(CNC2CC3CCCC(C2)N3C)oc1C(=O)O. The Labute approximate surface area is 125 Å². The highest BCUT2D eigenvalue weighted by atomic mass is 16.4. The molecular weight excluding hydrogens is 268 g/mol. The van der Waals surface area contributed by atoms with Crippen LogP contribution < -0.4 is 5.32 Å². The minimum atomic E-state index is -0.993. The number of hydrogen-bond donors (Lipinski definition) is 2. The summed E-state index contributed by atoms with van der Waals surface area (Å²) in [5.74, 6) is -0.214. The Morgan fingerprint density at radius 3 is 2.67 bits per heavy atom. The molecule has 0 spiro atoms. The number of carbonyl (C=O) groups is 1. The summed E-state index contributed by atoms with van der Waals surface area (Å²) in [5, 5.41) is 12.6. The van der Waals surface area contributed by atoms with Gasteiger partial charge in [-0.15, -0.1) is 0 Å². The van der Waals surface area contributed by atoms with Gasteiger partial charge < -0.3 is 19.7 Å². The number of carboxylic acids is 1. The van der Waals surface area contributed by atoms with Crippen LogP contribution >= 0.6 is 0 Å². The molecule has 3 heterocycles. The molecule has 116 valence electrons. The molecule has 2 bridgehead atoms. The minimum Gasteiger partial charge on any atom is -0.475 e. The molecule has 2 N–H and O–H groups in total. The number of aryl methyl sites for hydroxylation is 1. The lowest BCUT2D eigenvalue weighted by Gasteiger charge is -2.47. The number of fused-ring (bicyclic) bond motifs is 2. The van der Waals surface area contributed by atoms with Crippen molar-refractivity contribution in [2.75, 3.05) is 7.05 Å². The van der Waals surface area contributed by atoms with E-state index in [1.165, 1.54) is 32.1 Å². The first-order valence-electron chi connectivity index (χ1n) is 7.82. The van der Waals surface area contributed by atoms with Gasteiger partial charge in [-0.3, -0.25) is 0 Å². The van der Waals surface area contributed by atoms with E-state index < -0.39 is 5.97 Å². The van der Waals surface area contributed by atoms with Crippen LogP contribution in [0, 0.1) is 6.92 Å². The second-order valence-electron chi connectivity index (χ2n) is 6.48. The Bertz CT molecular complexity index is 512. The fourth-order valence-electron chi connectivity index (χ4n) is 3.87. The van der Waals surface area contributed by atoms with Crippen molar-refractivity contribution in [3.63, 3.8) is 0 Å². The van der Waals surface area contributed by atoms with Gasteiger partial charge in [-0.2, -0.15) is 0 Å². The number of hydrogen-bond acceptors (Lipinski definition) is 4. The van der Waals surface area contributed by atoms with Crippen LogP contribution in [0.1, 0.15) is 54.0 Å². The van der Waals surface area contributed by atoms with E-state index in [9.17, 15) is 4.79 Å². The molecule has 0 aromatic carbocycles. The summed E-state index contributed by atoms with van der Waals surface area (Å²) in [6, 6.07) is 3.73. The second kappa shape index (κ2) is 5.81. The highest BCUT2D eigenvalue weighted by Gasteiger charge is 2.35. The van der Waals surface area contributed by atoms with Crippen molar-refractivity contribution < 1.29 is 14.3 Å². The van der Waals surface area contributed by atoms with Gasteiger partial charge in [-0.1, -0.05) is 6.42 Å². The minimum absolute atomic E-state index is 0.0621. The van der Waals surface area contributed by atoms with Crippen LogP contribution in [0.4, 0.5) is 0 Å². The van der Waals surface area contributed by atoms with E-state index in [2.05, 4.69) is 17.3 Å². The van der Waals surface area contributed by atoms with E-state index in [-0.39, 0.29) is 5.76 Å². The van der Waals surface area contributed by atoms with Gasteiger partial charge in [0.2, 0.25) is 5.76 Å². The number of piperidine rings is 2. The van der Waals surface area contributed by atoms with Gasteiger partial charge in [-0.25, -0.2) is 4.79 Å². The van der Waals surface area contributed by atoms with E-state index in [4.69, 9.17) is 9.52 Å². The first-order chi connectivity index (χ1) is 10.0. The highest BCUT2D eigenvalue weighted by molar-refractivity contribution is 5.86. The van der Waals surface area contributed by atoms with E-state index in [1.54, 1.807) is 6.92 Å². The largest absolute Gasteiger partial charge is 0.475 e. The zero-order valence-electron chi connectivity index (χ0n) is 12.8. The summed E-state index contributed by atoms with van der Waals surface area (Å²) in [6.45, 7) is 2.39. The maximum Gasteiger partial charge on any atom is 0.372 e. The summed E-state index contributed by atoms with van der Waals surface area (Å²) in [7, 11) is 2.25. The first-order valence-corrected chi connectivity index (χ1v) is 7.82. The van der Waals surface area contributed by atoms with Crippen LogP contribution in [0.25, 0.3) is 0 Å². The normalized spacial score (nSPS) is 29.5. The predicted molar refractivity (Wildman–Crippen MR) is 79.5 cm³/mol. The number of aromatic carboxylic acids is 1. The molecule has 2 saturated heterocycles. The monoisotopic (exact) mass is 292 g/mol. The third-order valence-corrected chi connectivity index (χ3v) is 5.07. The van der Waals surface area contributed by atoms with Crippen LogP contribution in [0.2, 0.25) is 0 Å². The van der Waals surface area contributed by atoms with Gasteiger partial charge in [0.15, 0.2) is 0 Å². The maximum absolute atomic E-state index is 11.0. The van der Waals surface area contributed by atoms with Gasteiger partial charge in [0.25, 0.3) is 0 Å². The van der Waals surface area contributed by atoms with Crippen LogP contribution in [0.5, 0.6) is 0 Å². The lowest BCUT2D eigenvalue weighted by atomic mass is 9.82. The van der Waals surface area contributed by atoms with Crippen molar-refractivity contribution in [3.05, 3.63) is 23.2 Å². The Balaban J connectivity index is 1.58. The molecule has 0 aliphatic carbocycles. The van der Waals surface area contributed by atoms with Crippen LogP contribution in [-0.2, 0) is 6.54 Å². The Hall–Kier alpha value is -1.33. The molecule has 2 aliphatic rings. The highest BCUT2D eigenvalue weighted by Crippen LogP contribution is 2.32. The summed E-state index contributed by atoms with van der Waals surface area (Å²) in [4.78, 5) is 13.5. The maximum atomic E-state index is 11.0. The molecule has 1 aromatic heterocycles. The number of rotatable bonds is 4. The number of nitrogens with zero attached hydrogens (tertiary/aromatic N) is 1. The molecule has 5 heteroatoms. The molecule has 2 fully saturated rings. The molecule has 0 saturated carbocycles. The Morgan fingerprint density at radius 1 is 1.43 bits per heavy atom. The summed E-state index contributed by atoms with van der Waals surface area (Å²) in [5.41, 5.74) is 0.694. The van der Waals surface area contributed by atoms with Crippen molar-refractivity contribution >= 4 is 5.97 Å². The predicted octanol–water partition coefficient (Wildman–Crippen LogP) is 2.39. The molecule has 2 aliphatic heterocycles. The van der Waals surface area contributed by atoms with Crippen molar-refractivity contribution in [2.45, 2.75) is 63.7 Å². The molecule has 1 aromatic rings. The zero-order valence-corrected chi connectivity index (χ0v) is 12.8. The van der Waals surface area contributed by atoms with Gasteiger partial charge in [0.05, 0.1) is 6.54 Å².